The third-order valence-electron chi connectivity index (χ3n) is 3.67. The Bertz CT molecular complexity index is 273. The number of hydrogen-bond donors (Lipinski definition) is 2. The van der Waals surface area contributed by atoms with Crippen LogP contribution < -0.4 is 10.6 Å². The van der Waals surface area contributed by atoms with Crippen molar-refractivity contribution >= 4 is 6.03 Å². The Kier molecular flexibility index (Phi) is 4.83. The summed E-state index contributed by atoms with van der Waals surface area (Å²) in [7, 11) is 0. The molecule has 18 heavy (non-hydrogen) atoms. The molecule has 0 aromatic rings. The monoisotopic (exact) mass is 255 g/mol. The second kappa shape index (κ2) is 6.38. The van der Waals surface area contributed by atoms with Crippen LogP contribution in [0.3, 0.4) is 0 Å². The van der Waals surface area contributed by atoms with Crippen molar-refractivity contribution in [1.29, 1.82) is 0 Å². The van der Waals surface area contributed by atoms with Crippen LogP contribution >= 0.6 is 0 Å². The number of carbonyl (C=O) groups is 1. The van der Waals surface area contributed by atoms with E-state index in [4.69, 9.17) is 4.74 Å². The number of rotatable bonds is 5. The van der Waals surface area contributed by atoms with Crippen molar-refractivity contribution in [2.75, 3.05) is 32.8 Å². The molecule has 1 unspecified atom stereocenters. The first kappa shape index (κ1) is 13.6. The zero-order chi connectivity index (χ0) is 13.0. The van der Waals surface area contributed by atoms with Gasteiger partial charge in [0.25, 0.3) is 0 Å². The average Bonchev–Trinajstić information content (AvgIpc) is 3.14. The number of hydrogen-bond acceptors (Lipinski definition) is 3. The topological polar surface area (TPSA) is 53.6 Å². The zero-order valence-electron chi connectivity index (χ0n) is 11.4. The molecule has 1 atom stereocenters. The molecule has 104 valence electrons. The SMILES string of the molecule is CC(C)C(CNC(=O)NC1CC1)N1CCOCC1. The van der Waals surface area contributed by atoms with Crippen molar-refractivity contribution in [1.82, 2.24) is 15.5 Å². The minimum Gasteiger partial charge on any atom is -0.379 e. The molecular weight excluding hydrogens is 230 g/mol. The number of ether oxygens (including phenoxy) is 1. The Hall–Kier alpha value is -0.810. The molecule has 5 heteroatoms. The number of nitrogens with zero attached hydrogens (tertiary/aromatic N) is 1. The van der Waals surface area contributed by atoms with E-state index >= 15 is 0 Å². The lowest BCUT2D eigenvalue weighted by molar-refractivity contribution is 0.00719. The lowest BCUT2D eigenvalue weighted by Crippen LogP contribution is -2.52. The molecular formula is C13H25N3O2. The predicted octanol–water partition coefficient (Wildman–Crippen LogP) is 0.805. The van der Waals surface area contributed by atoms with Crippen LogP contribution in [-0.4, -0.2) is 55.9 Å². The minimum atomic E-state index is -0.0172. The zero-order valence-corrected chi connectivity index (χ0v) is 11.4. The third-order valence-corrected chi connectivity index (χ3v) is 3.67. The van der Waals surface area contributed by atoms with E-state index in [1.54, 1.807) is 0 Å². The average molecular weight is 255 g/mol. The Morgan fingerprint density at radius 3 is 2.56 bits per heavy atom. The van der Waals surface area contributed by atoms with Gasteiger partial charge in [-0.25, -0.2) is 4.79 Å². The Balaban J connectivity index is 1.75. The first-order chi connectivity index (χ1) is 8.66. The molecule has 2 aliphatic rings. The standard InChI is InChI=1S/C13H25N3O2/c1-10(2)12(16-5-7-18-8-6-16)9-14-13(17)15-11-3-4-11/h10-12H,3-9H2,1-2H3,(H2,14,15,17). The molecule has 0 aromatic carbocycles. The van der Waals surface area contributed by atoms with E-state index in [1.807, 2.05) is 0 Å². The molecule has 1 aliphatic carbocycles. The fourth-order valence-electron chi connectivity index (χ4n) is 2.36. The molecule has 2 rings (SSSR count). The van der Waals surface area contributed by atoms with Gasteiger partial charge in [-0.2, -0.15) is 0 Å². The van der Waals surface area contributed by atoms with Gasteiger partial charge < -0.3 is 15.4 Å². The van der Waals surface area contributed by atoms with E-state index < -0.39 is 0 Å². The molecule has 2 fully saturated rings. The predicted molar refractivity (Wildman–Crippen MR) is 70.6 cm³/mol. The number of nitrogens with one attached hydrogen (secondary N) is 2. The van der Waals surface area contributed by atoms with Gasteiger partial charge in [-0.05, 0) is 18.8 Å². The largest absolute Gasteiger partial charge is 0.379 e. The van der Waals surface area contributed by atoms with Crippen molar-refractivity contribution < 1.29 is 9.53 Å². The van der Waals surface area contributed by atoms with Gasteiger partial charge >= 0.3 is 6.03 Å². The minimum absolute atomic E-state index is 0.0172. The van der Waals surface area contributed by atoms with Crippen molar-refractivity contribution in [3.05, 3.63) is 0 Å². The summed E-state index contributed by atoms with van der Waals surface area (Å²) in [6.45, 7) is 8.68. The van der Waals surface area contributed by atoms with Gasteiger partial charge in [0.2, 0.25) is 0 Å². The molecule has 0 bridgehead atoms. The lowest BCUT2D eigenvalue weighted by Gasteiger charge is -2.36. The van der Waals surface area contributed by atoms with E-state index in [-0.39, 0.29) is 6.03 Å². The van der Waals surface area contributed by atoms with Crippen LogP contribution in [0.2, 0.25) is 0 Å². The maximum Gasteiger partial charge on any atom is 0.315 e. The highest BCUT2D eigenvalue weighted by atomic mass is 16.5. The Morgan fingerprint density at radius 2 is 2.00 bits per heavy atom. The second-order valence-electron chi connectivity index (χ2n) is 5.59. The van der Waals surface area contributed by atoms with E-state index in [9.17, 15) is 4.79 Å². The van der Waals surface area contributed by atoms with Gasteiger partial charge in [-0.15, -0.1) is 0 Å². The van der Waals surface area contributed by atoms with Crippen LogP contribution in [0.5, 0.6) is 0 Å². The van der Waals surface area contributed by atoms with E-state index in [0.717, 1.165) is 45.7 Å². The summed E-state index contributed by atoms with van der Waals surface area (Å²) >= 11 is 0. The van der Waals surface area contributed by atoms with Gasteiger partial charge in [0.1, 0.15) is 0 Å². The molecule has 5 nitrogen and oxygen atoms in total. The van der Waals surface area contributed by atoms with Crippen LogP contribution in [0.15, 0.2) is 0 Å². The molecule has 1 heterocycles. The number of urea groups is 1. The number of morpholine rings is 1. The highest BCUT2D eigenvalue weighted by molar-refractivity contribution is 5.74. The second-order valence-corrected chi connectivity index (χ2v) is 5.59. The third kappa shape index (κ3) is 4.14. The van der Waals surface area contributed by atoms with E-state index in [1.165, 1.54) is 0 Å². The van der Waals surface area contributed by atoms with Crippen LogP contribution in [0.4, 0.5) is 4.79 Å². The normalized spacial score (nSPS) is 22.8. The smallest absolute Gasteiger partial charge is 0.315 e. The van der Waals surface area contributed by atoms with Gasteiger partial charge in [0.15, 0.2) is 0 Å². The highest BCUT2D eigenvalue weighted by Crippen LogP contribution is 2.18. The van der Waals surface area contributed by atoms with Crippen LogP contribution in [0.1, 0.15) is 26.7 Å². The number of amides is 2. The summed E-state index contributed by atoms with van der Waals surface area (Å²) in [4.78, 5) is 14.1. The summed E-state index contributed by atoms with van der Waals surface area (Å²) in [6, 6.07) is 0.807. The van der Waals surface area contributed by atoms with Crippen molar-refractivity contribution in [2.45, 2.75) is 38.8 Å². The summed E-state index contributed by atoms with van der Waals surface area (Å²) in [5.41, 5.74) is 0. The molecule has 1 saturated carbocycles. The fourth-order valence-corrected chi connectivity index (χ4v) is 2.36. The van der Waals surface area contributed by atoms with Crippen molar-refractivity contribution in [3.63, 3.8) is 0 Å². The van der Waals surface area contributed by atoms with Crippen LogP contribution in [-0.2, 0) is 4.74 Å². The van der Waals surface area contributed by atoms with Crippen LogP contribution in [0, 0.1) is 5.92 Å². The van der Waals surface area contributed by atoms with Crippen molar-refractivity contribution in [2.24, 2.45) is 5.92 Å². The molecule has 1 saturated heterocycles. The number of carbonyl (C=O) groups excluding carboxylic acids is 1. The van der Waals surface area contributed by atoms with Gasteiger partial charge in [-0.3, -0.25) is 4.90 Å². The molecule has 1 aliphatic heterocycles. The van der Waals surface area contributed by atoms with E-state index in [0.29, 0.717) is 18.0 Å². The summed E-state index contributed by atoms with van der Waals surface area (Å²) in [6.07, 6.45) is 2.26. The lowest BCUT2D eigenvalue weighted by atomic mass is 10.0. The van der Waals surface area contributed by atoms with Gasteiger partial charge in [0.05, 0.1) is 13.2 Å². The quantitative estimate of drug-likeness (QED) is 0.764. The molecule has 2 amide bonds. The highest BCUT2D eigenvalue weighted by Gasteiger charge is 2.26. The molecule has 0 radical (unpaired) electrons. The maximum atomic E-state index is 11.6. The Morgan fingerprint density at radius 1 is 1.33 bits per heavy atom. The van der Waals surface area contributed by atoms with Crippen LogP contribution in [0.25, 0.3) is 0 Å². The Labute approximate surface area is 109 Å². The first-order valence-corrected chi connectivity index (χ1v) is 7.03. The molecule has 0 spiro atoms. The molecule has 2 N–H and O–H groups in total. The molecule has 0 aromatic heterocycles. The van der Waals surface area contributed by atoms with E-state index in [2.05, 4.69) is 29.4 Å². The maximum absolute atomic E-state index is 11.6. The first-order valence-electron chi connectivity index (χ1n) is 7.03. The summed E-state index contributed by atoms with van der Waals surface area (Å²) < 4.78 is 5.37. The summed E-state index contributed by atoms with van der Waals surface area (Å²) in [5, 5.41) is 5.96. The van der Waals surface area contributed by atoms with Gasteiger partial charge in [0, 0.05) is 31.7 Å². The fraction of sp³-hybridized carbons (Fsp3) is 0.923. The summed E-state index contributed by atoms with van der Waals surface area (Å²) in [5.74, 6) is 0.532. The van der Waals surface area contributed by atoms with Crippen molar-refractivity contribution in [3.8, 4) is 0 Å². The van der Waals surface area contributed by atoms with Gasteiger partial charge in [-0.1, -0.05) is 13.8 Å².